The molecule has 0 fully saturated rings. The minimum Gasteiger partial charge on any atom is -0.481 e. The number of rotatable bonds is 2. The number of hydrogen-bond donors (Lipinski definition) is 0. The van der Waals surface area contributed by atoms with E-state index in [-0.39, 0.29) is 0 Å². The van der Waals surface area contributed by atoms with E-state index in [4.69, 9.17) is 4.74 Å². The van der Waals surface area contributed by atoms with Gasteiger partial charge in [0, 0.05) is 23.3 Å². The molecule has 0 atom stereocenters. The van der Waals surface area contributed by atoms with Crippen LogP contribution in [0, 0.1) is 6.92 Å². The lowest BCUT2D eigenvalue weighted by atomic mass is 9.99. The largest absolute Gasteiger partial charge is 0.481 e. The van der Waals surface area contributed by atoms with Gasteiger partial charge in [-0.2, -0.15) is 0 Å². The van der Waals surface area contributed by atoms with Crippen LogP contribution in [0.5, 0.6) is 5.88 Å². The smallest absolute Gasteiger partial charge is 0.221 e. The molecule has 0 aliphatic rings. The average molecular weight is 250 g/mol. The second-order valence-corrected chi connectivity index (χ2v) is 4.39. The van der Waals surface area contributed by atoms with Crippen LogP contribution in [0.25, 0.3) is 22.0 Å². The zero-order chi connectivity index (χ0) is 13.2. The first kappa shape index (κ1) is 11.7. The first-order valence-corrected chi connectivity index (χ1v) is 6.15. The van der Waals surface area contributed by atoms with Gasteiger partial charge in [0.2, 0.25) is 5.88 Å². The molecule has 19 heavy (non-hydrogen) atoms. The van der Waals surface area contributed by atoms with E-state index in [1.54, 1.807) is 13.3 Å². The lowest BCUT2D eigenvalue weighted by molar-refractivity contribution is 0.400. The Morgan fingerprint density at radius 2 is 1.68 bits per heavy atom. The van der Waals surface area contributed by atoms with Gasteiger partial charge in [0.15, 0.2) is 0 Å². The molecule has 0 amide bonds. The maximum Gasteiger partial charge on any atom is 0.221 e. The molecule has 0 saturated carbocycles. The normalized spacial score (nSPS) is 10.6. The quantitative estimate of drug-likeness (QED) is 0.696. The second kappa shape index (κ2) is 4.69. The highest BCUT2D eigenvalue weighted by Crippen LogP contribution is 2.33. The monoisotopic (exact) mass is 250 g/mol. The van der Waals surface area contributed by atoms with Crippen molar-refractivity contribution in [2.24, 2.45) is 0 Å². The molecule has 3 aromatic rings. The summed E-state index contributed by atoms with van der Waals surface area (Å²) < 4.78 is 5.35. The Hall–Kier alpha value is -2.42. The maximum atomic E-state index is 5.35. The number of fused-ring (bicyclic) bond motifs is 1. The standard InChI is InChI=1S/C16H14N2O/c1-11-7-8-12(13-5-3-9-17-15(11)13)14-6-4-10-18-16(14)19-2/h3-10H,1-2H3. The average Bonchev–Trinajstić information content (AvgIpc) is 2.48. The van der Waals surface area contributed by atoms with Gasteiger partial charge in [-0.3, -0.25) is 4.98 Å². The first-order chi connectivity index (χ1) is 9.31. The Morgan fingerprint density at radius 3 is 2.53 bits per heavy atom. The molecule has 0 aliphatic carbocycles. The molecule has 0 radical (unpaired) electrons. The number of ether oxygens (including phenoxy) is 1. The maximum absolute atomic E-state index is 5.35. The number of benzene rings is 1. The summed E-state index contributed by atoms with van der Waals surface area (Å²) in [6, 6.07) is 12.1. The zero-order valence-electron chi connectivity index (χ0n) is 10.9. The van der Waals surface area contributed by atoms with Crippen molar-refractivity contribution in [3.63, 3.8) is 0 Å². The SMILES string of the molecule is COc1ncccc1-c1ccc(C)c2ncccc12. The van der Waals surface area contributed by atoms with Crippen molar-refractivity contribution in [1.82, 2.24) is 9.97 Å². The predicted molar refractivity (Wildman–Crippen MR) is 76.3 cm³/mol. The fraction of sp³-hybridized carbons (Fsp3) is 0.125. The summed E-state index contributed by atoms with van der Waals surface area (Å²) in [4.78, 5) is 8.72. The van der Waals surface area contributed by atoms with Gasteiger partial charge in [0.1, 0.15) is 0 Å². The van der Waals surface area contributed by atoms with Crippen molar-refractivity contribution in [3.05, 3.63) is 54.4 Å². The summed E-state index contributed by atoms with van der Waals surface area (Å²) in [5.41, 5.74) is 4.27. The molecule has 3 heteroatoms. The summed E-state index contributed by atoms with van der Waals surface area (Å²) in [6.45, 7) is 2.07. The number of hydrogen-bond acceptors (Lipinski definition) is 3. The third-order valence-electron chi connectivity index (χ3n) is 3.23. The molecule has 3 nitrogen and oxygen atoms in total. The molecule has 0 aliphatic heterocycles. The van der Waals surface area contributed by atoms with Crippen molar-refractivity contribution in [1.29, 1.82) is 0 Å². The number of methoxy groups -OCH3 is 1. The van der Waals surface area contributed by atoms with Gasteiger partial charge in [-0.15, -0.1) is 0 Å². The van der Waals surface area contributed by atoms with E-state index in [1.165, 1.54) is 5.56 Å². The Bertz CT molecular complexity index is 738. The van der Waals surface area contributed by atoms with E-state index in [9.17, 15) is 0 Å². The van der Waals surface area contributed by atoms with Gasteiger partial charge in [-0.25, -0.2) is 4.98 Å². The highest BCUT2D eigenvalue weighted by atomic mass is 16.5. The van der Waals surface area contributed by atoms with Crippen molar-refractivity contribution < 1.29 is 4.74 Å². The third-order valence-corrected chi connectivity index (χ3v) is 3.23. The summed E-state index contributed by atoms with van der Waals surface area (Å²) >= 11 is 0. The lowest BCUT2D eigenvalue weighted by Gasteiger charge is -2.11. The van der Waals surface area contributed by atoms with Crippen LogP contribution in [0.4, 0.5) is 0 Å². The van der Waals surface area contributed by atoms with Crippen molar-refractivity contribution in [3.8, 4) is 17.0 Å². The number of pyridine rings is 2. The van der Waals surface area contributed by atoms with Gasteiger partial charge in [-0.1, -0.05) is 18.2 Å². The van der Waals surface area contributed by atoms with Gasteiger partial charge in [0.05, 0.1) is 12.6 Å². The molecule has 1 aromatic carbocycles. The minimum atomic E-state index is 0.636. The molecular formula is C16H14N2O. The summed E-state index contributed by atoms with van der Waals surface area (Å²) in [5.74, 6) is 0.636. The van der Waals surface area contributed by atoms with Gasteiger partial charge in [-0.05, 0) is 36.2 Å². The first-order valence-electron chi connectivity index (χ1n) is 6.15. The van der Waals surface area contributed by atoms with Crippen LogP contribution in [-0.2, 0) is 0 Å². The van der Waals surface area contributed by atoms with Crippen molar-refractivity contribution in [2.45, 2.75) is 6.92 Å². The number of aryl methyl sites for hydroxylation is 1. The van der Waals surface area contributed by atoms with Crippen molar-refractivity contribution in [2.75, 3.05) is 7.11 Å². The van der Waals surface area contributed by atoms with Crippen LogP contribution in [0.2, 0.25) is 0 Å². The molecular weight excluding hydrogens is 236 g/mol. The second-order valence-electron chi connectivity index (χ2n) is 4.39. The molecule has 0 N–H and O–H groups in total. The number of aromatic nitrogens is 2. The fourth-order valence-corrected chi connectivity index (χ4v) is 2.31. The topological polar surface area (TPSA) is 35.0 Å². The molecule has 2 heterocycles. The van der Waals surface area contributed by atoms with Crippen LogP contribution in [0.3, 0.4) is 0 Å². The fourth-order valence-electron chi connectivity index (χ4n) is 2.31. The summed E-state index contributed by atoms with van der Waals surface area (Å²) in [6.07, 6.45) is 3.55. The Balaban J connectivity index is 2.34. The molecule has 3 rings (SSSR count). The zero-order valence-corrected chi connectivity index (χ0v) is 10.9. The highest BCUT2D eigenvalue weighted by molar-refractivity contribution is 5.97. The molecule has 0 bridgehead atoms. The predicted octanol–water partition coefficient (Wildman–Crippen LogP) is 3.61. The van der Waals surface area contributed by atoms with E-state index in [1.807, 2.05) is 24.4 Å². The number of nitrogens with zero attached hydrogens (tertiary/aromatic N) is 2. The van der Waals surface area contributed by atoms with Gasteiger partial charge in [0.25, 0.3) is 0 Å². The van der Waals surface area contributed by atoms with Crippen LogP contribution in [0.15, 0.2) is 48.8 Å². The van der Waals surface area contributed by atoms with Crippen molar-refractivity contribution >= 4 is 10.9 Å². The Labute approximate surface area is 111 Å². The van der Waals surface area contributed by atoms with E-state index in [0.29, 0.717) is 5.88 Å². The van der Waals surface area contributed by atoms with E-state index >= 15 is 0 Å². The molecule has 0 spiro atoms. The summed E-state index contributed by atoms with van der Waals surface area (Å²) in [5, 5.41) is 1.12. The van der Waals surface area contributed by atoms with Crippen LogP contribution < -0.4 is 4.74 Å². The molecule has 0 saturated heterocycles. The lowest BCUT2D eigenvalue weighted by Crippen LogP contribution is -1.92. The van der Waals surface area contributed by atoms with E-state index in [0.717, 1.165) is 22.0 Å². The van der Waals surface area contributed by atoms with E-state index in [2.05, 4.69) is 35.1 Å². The summed E-state index contributed by atoms with van der Waals surface area (Å²) in [7, 11) is 1.64. The highest BCUT2D eigenvalue weighted by Gasteiger charge is 2.11. The Morgan fingerprint density at radius 1 is 0.895 bits per heavy atom. The van der Waals surface area contributed by atoms with Crippen LogP contribution in [-0.4, -0.2) is 17.1 Å². The Kier molecular flexibility index (Phi) is 2.88. The minimum absolute atomic E-state index is 0.636. The third kappa shape index (κ3) is 1.93. The van der Waals surface area contributed by atoms with Gasteiger partial charge < -0.3 is 4.74 Å². The molecule has 94 valence electrons. The van der Waals surface area contributed by atoms with Gasteiger partial charge >= 0.3 is 0 Å². The van der Waals surface area contributed by atoms with Crippen LogP contribution >= 0.6 is 0 Å². The van der Waals surface area contributed by atoms with Crippen LogP contribution in [0.1, 0.15) is 5.56 Å². The molecule has 0 unspecified atom stereocenters. The van der Waals surface area contributed by atoms with E-state index < -0.39 is 0 Å². The molecule has 2 aromatic heterocycles.